The topological polar surface area (TPSA) is 42.0 Å². The minimum atomic E-state index is -0.0471. The first-order valence-corrected chi connectivity index (χ1v) is 8.18. The molecule has 1 fully saturated rings. The molecule has 1 amide bonds. The quantitative estimate of drug-likeness (QED) is 0.848. The summed E-state index contributed by atoms with van der Waals surface area (Å²) in [7, 11) is 0. The largest absolute Gasteiger partial charge is 0.351 e. The van der Waals surface area contributed by atoms with Gasteiger partial charge in [0.2, 0.25) is 0 Å². The first kappa shape index (κ1) is 14.7. The predicted octanol–water partition coefficient (Wildman–Crippen LogP) is 3.31. The number of hydrogen-bond acceptors (Lipinski definition) is 3. The number of thioether (sulfide) groups is 1. The molecule has 1 aliphatic rings. The lowest BCUT2D eigenvalue weighted by Gasteiger charge is -2.11. The average molecular weight is 299 g/mol. The van der Waals surface area contributed by atoms with E-state index >= 15 is 0 Å². The lowest BCUT2D eigenvalue weighted by molar-refractivity contribution is 0.0953. The molecule has 1 aliphatic heterocycles. The Bertz CT molecular complexity index is 447. The van der Waals surface area contributed by atoms with E-state index in [0.29, 0.717) is 16.0 Å². The van der Waals surface area contributed by atoms with E-state index in [0.717, 1.165) is 25.1 Å². The monoisotopic (exact) mass is 298 g/mol. The highest BCUT2D eigenvalue weighted by molar-refractivity contribution is 8.00. The molecule has 1 unspecified atom stereocenters. The summed E-state index contributed by atoms with van der Waals surface area (Å²) in [4.78, 5) is 16.3. The van der Waals surface area contributed by atoms with E-state index in [2.05, 4.69) is 17.2 Å². The SMILES string of the molecule is CCCc1cc(C(=O)NCC2CCCS2)cc(Cl)n1. The second kappa shape index (κ2) is 7.15. The second-order valence-corrected chi connectivity index (χ2v) is 6.56. The third-order valence-corrected chi connectivity index (χ3v) is 4.72. The van der Waals surface area contributed by atoms with Crippen LogP contribution in [0.3, 0.4) is 0 Å². The highest BCUT2D eigenvalue weighted by Crippen LogP contribution is 2.25. The predicted molar refractivity (Wildman–Crippen MR) is 81.1 cm³/mol. The molecule has 1 aromatic rings. The summed E-state index contributed by atoms with van der Waals surface area (Å²) < 4.78 is 0. The number of nitrogens with zero attached hydrogens (tertiary/aromatic N) is 1. The van der Waals surface area contributed by atoms with Crippen molar-refractivity contribution in [3.05, 3.63) is 28.5 Å². The van der Waals surface area contributed by atoms with E-state index in [-0.39, 0.29) is 5.91 Å². The average Bonchev–Trinajstić information content (AvgIpc) is 2.88. The van der Waals surface area contributed by atoms with Gasteiger partial charge in [0.15, 0.2) is 0 Å². The summed E-state index contributed by atoms with van der Waals surface area (Å²) in [5.41, 5.74) is 1.50. The number of amides is 1. The van der Waals surface area contributed by atoms with Gasteiger partial charge in [0.05, 0.1) is 0 Å². The zero-order valence-electron chi connectivity index (χ0n) is 11.1. The van der Waals surface area contributed by atoms with Crippen molar-refractivity contribution >= 4 is 29.3 Å². The van der Waals surface area contributed by atoms with Crippen LogP contribution in [-0.4, -0.2) is 28.4 Å². The number of rotatable bonds is 5. The summed E-state index contributed by atoms with van der Waals surface area (Å²) >= 11 is 7.90. The zero-order chi connectivity index (χ0) is 13.7. The van der Waals surface area contributed by atoms with Crippen molar-refractivity contribution in [2.45, 2.75) is 37.9 Å². The fourth-order valence-corrected chi connectivity index (χ4v) is 3.61. The number of nitrogens with one attached hydrogen (secondary N) is 1. The zero-order valence-corrected chi connectivity index (χ0v) is 12.7. The molecular formula is C14H19ClN2OS. The summed E-state index contributed by atoms with van der Waals surface area (Å²) in [5.74, 6) is 1.16. The van der Waals surface area contributed by atoms with E-state index < -0.39 is 0 Å². The van der Waals surface area contributed by atoms with Gasteiger partial charge in [-0.1, -0.05) is 24.9 Å². The molecule has 1 aromatic heterocycles. The minimum absolute atomic E-state index is 0.0471. The Kier molecular flexibility index (Phi) is 5.52. The van der Waals surface area contributed by atoms with Gasteiger partial charge in [-0.15, -0.1) is 0 Å². The molecule has 0 radical (unpaired) electrons. The van der Waals surface area contributed by atoms with Crippen LogP contribution < -0.4 is 5.32 Å². The van der Waals surface area contributed by atoms with Crippen LogP contribution in [0.15, 0.2) is 12.1 Å². The number of pyridine rings is 1. The van der Waals surface area contributed by atoms with Crippen LogP contribution in [0.2, 0.25) is 5.15 Å². The van der Waals surface area contributed by atoms with Crippen LogP contribution in [-0.2, 0) is 6.42 Å². The Hall–Kier alpha value is -0.740. The van der Waals surface area contributed by atoms with Crippen LogP contribution in [0.5, 0.6) is 0 Å². The van der Waals surface area contributed by atoms with Gasteiger partial charge in [-0.05, 0) is 37.1 Å². The number of carbonyl (C=O) groups is 1. The third-order valence-electron chi connectivity index (χ3n) is 3.13. The van der Waals surface area contributed by atoms with Gasteiger partial charge >= 0.3 is 0 Å². The molecule has 19 heavy (non-hydrogen) atoms. The lowest BCUT2D eigenvalue weighted by atomic mass is 10.1. The molecule has 3 nitrogen and oxygen atoms in total. The summed E-state index contributed by atoms with van der Waals surface area (Å²) in [6, 6.07) is 3.48. The molecule has 0 spiro atoms. The van der Waals surface area contributed by atoms with Gasteiger partial charge in [-0.25, -0.2) is 4.98 Å². The van der Waals surface area contributed by atoms with Gasteiger partial charge in [0.25, 0.3) is 5.91 Å². The van der Waals surface area contributed by atoms with Crippen LogP contribution >= 0.6 is 23.4 Å². The normalized spacial score (nSPS) is 18.5. The van der Waals surface area contributed by atoms with Gasteiger partial charge < -0.3 is 5.32 Å². The Labute approximate surface area is 123 Å². The molecule has 0 bridgehead atoms. The Morgan fingerprint density at radius 1 is 1.58 bits per heavy atom. The fourth-order valence-electron chi connectivity index (χ4n) is 2.18. The third kappa shape index (κ3) is 4.39. The Morgan fingerprint density at radius 3 is 3.11 bits per heavy atom. The van der Waals surface area contributed by atoms with Gasteiger partial charge in [-0.2, -0.15) is 11.8 Å². The lowest BCUT2D eigenvalue weighted by Crippen LogP contribution is -2.29. The number of carbonyl (C=O) groups excluding carboxylic acids is 1. The molecular weight excluding hydrogens is 280 g/mol. The molecule has 2 rings (SSSR count). The van der Waals surface area contributed by atoms with Crippen LogP contribution in [0.25, 0.3) is 0 Å². The molecule has 1 N–H and O–H groups in total. The highest BCUT2D eigenvalue weighted by atomic mass is 35.5. The summed E-state index contributed by atoms with van der Waals surface area (Å²) in [6.07, 6.45) is 4.29. The van der Waals surface area contributed by atoms with Gasteiger partial charge in [0, 0.05) is 23.1 Å². The number of halogens is 1. The van der Waals surface area contributed by atoms with Gasteiger partial charge in [0.1, 0.15) is 5.15 Å². The maximum atomic E-state index is 12.1. The van der Waals surface area contributed by atoms with E-state index in [1.807, 2.05) is 17.8 Å². The van der Waals surface area contributed by atoms with E-state index in [1.54, 1.807) is 6.07 Å². The van der Waals surface area contributed by atoms with Crippen molar-refractivity contribution in [2.24, 2.45) is 0 Å². The van der Waals surface area contributed by atoms with Crippen molar-refractivity contribution < 1.29 is 4.79 Å². The molecule has 104 valence electrons. The van der Waals surface area contributed by atoms with Crippen molar-refractivity contribution in [3.8, 4) is 0 Å². The molecule has 1 atom stereocenters. The smallest absolute Gasteiger partial charge is 0.251 e. The molecule has 0 saturated carbocycles. The van der Waals surface area contributed by atoms with Crippen LogP contribution in [0, 0.1) is 0 Å². The van der Waals surface area contributed by atoms with E-state index in [4.69, 9.17) is 11.6 Å². The van der Waals surface area contributed by atoms with E-state index in [9.17, 15) is 4.79 Å². The maximum absolute atomic E-state index is 12.1. The maximum Gasteiger partial charge on any atom is 0.251 e. The first-order chi connectivity index (χ1) is 9.19. The van der Waals surface area contributed by atoms with Crippen LogP contribution in [0.1, 0.15) is 42.2 Å². The first-order valence-electron chi connectivity index (χ1n) is 6.75. The molecule has 5 heteroatoms. The Morgan fingerprint density at radius 2 is 2.42 bits per heavy atom. The van der Waals surface area contributed by atoms with Crippen molar-refractivity contribution in [1.82, 2.24) is 10.3 Å². The Balaban J connectivity index is 1.97. The molecule has 1 saturated heterocycles. The minimum Gasteiger partial charge on any atom is -0.351 e. The standard InChI is InChI=1S/C14H19ClN2OS/c1-2-4-11-7-10(8-13(15)17-11)14(18)16-9-12-5-3-6-19-12/h7-8,12H,2-6,9H2,1H3,(H,16,18). The summed E-state index contributed by atoms with van der Waals surface area (Å²) in [6.45, 7) is 2.83. The molecule has 0 aliphatic carbocycles. The van der Waals surface area contributed by atoms with Crippen LogP contribution in [0.4, 0.5) is 0 Å². The van der Waals surface area contributed by atoms with Crippen molar-refractivity contribution in [2.75, 3.05) is 12.3 Å². The fraction of sp³-hybridized carbons (Fsp3) is 0.571. The number of aryl methyl sites for hydroxylation is 1. The van der Waals surface area contributed by atoms with Crippen molar-refractivity contribution in [1.29, 1.82) is 0 Å². The highest BCUT2D eigenvalue weighted by Gasteiger charge is 2.17. The number of hydrogen-bond donors (Lipinski definition) is 1. The summed E-state index contributed by atoms with van der Waals surface area (Å²) in [5, 5.41) is 3.95. The second-order valence-electron chi connectivity index (χ2n) is 4.76. The van der Waals surface area contributed by atoms with E-state index in [1.165, 1.54) is 18.6 Å². The number of aromatic nitrogens is 1. The van der Waals surface area contributed by atoms with Gasteiger partial charge in [-0.3, -0.25) is 4.79 Å². The molecule has 2 heterocycles. The molecule has 0 aromatic carbocycles. The van der Waals surface area contributed by atoms with Crippen molar-refractivity contribution in [3.63, 3.8) is 0 Å².